The molecule has 0 aliphatic heterocycles. The molecule has 5 heteroatoms. The molecule has 166 valence electrons. The lowest BCUT2D eigenvalue weighted by Gasteiger charge is -2.20. The minimum Gasteiger partial charge on any atom is -0.457 e. The molecule has 3 aromatic rings. The van der Waals surface area contributed by atoms with Gasteiger partial charge in [0.2, 0.25) is 0 Å². The van der Waals surface area contributed by atoms with Gasteiger partial charge in [-0.3, -0.25) is 0 Å². The number of hydrogen-bond acceptors (Lipinski definition) is 5. The highest BCUT2D eigenvalue weighted by atomic mass is 16.6. The summed E-state index contributed by atoms with van der Waals surface area (Å²) in [5.74, 6) is 0.974. The molecule has 0 fully saturated rings. The Morgan fingerprint density at radius 2 is 1.72 bits per heavy atom. The number of rotatable bonds is 8. The lowest BCUT2D eigenvalue weighted by molar-refractivity contribution is -0.107. The van der Waals surface area contributed by atoms with Gasteiger partial charge >= 0.3 is 5.97 Å². The number of benzene rings is 2. The average Bonchev–Trinajstić information content (AvgIpc) is 2.75. The number of hydrogen-bond donors (Lipinski definition) is 0. The number of unbranched alkanes of at least 4 members (excludes halogenated alkanes) is 1. The molecule has 0 N–H and O–H groups in total. The van der Waals surface area contributed by atoms with E-state index in [2.05, 4.69) is 4.98 Å². The number of esters is 1. The van der Waals surface area contributed by atoms with E-state index >= 15 is 0 Å². The average molecular weight is 432 g/mol. The molecule has 5 nitrogen and oxygen atoms in total. The summed E-state index contributed by atoms with van der Waals surface area (Å²) >= 11 is 0. The number of carbonyl (C=O) groups is 2. The molecule has 0 aliphatic carbocycles. The summed E-state index contributed by atoms with van der Waals surface area (Å²) in [5, 5.41) is 0. The van der Waals surface area contributed by atoms with Gasteiger partial charge in [-0.1, -0.05) is 30.3 Å². The second-order valence-electron chi connectivity index (χ2n) is 8.64. The molecule has 2 aromatic carbocycles. The fraction of sp³-hybridized carbons (Fsp3) is 0.296. The van der Waals surface area contributed by atoms with Gasteiger partial charge in [0.1, 0.15) is 23.4 Å². The fourth-order valence-electron chi connectivity index (χ4n) is 3.37. The van der Waals surface area contributed by atoms with Crippen molar-refractivity contribution in [3.63, 3.8) is 0 Å². The van der Waals surface area contributed by atoms with Gasteiger partial charge in [0.05, 0.1) is 0 Å². The number of aromatic nitrogens is 1. The summed E-state index contributed by atoms with van der Waals surface area (Å²) in [6.45, 7) is 7.46. The molecule has 0 saturated carbocycles. The first-order valence-corrected chi connectivity index (χ1v) is 10.8. The molecule has 1 heterocycles. The number of ether oxygens (including phenoxy) is 2. The van der Waals surface area contributed by atoms with Gasteiger partial charge in [0, 0.05) is 18.2 Å². The summed E-state index contributed by atoms with van der Waals surface area (Å²) in [5.41, 5.74) is 3.31. The maximum absolute atomic E-state index is 12.7. The Hall–Kier alpha value is -3.47. The SMILES string of the molecule is Cc1c(Oc2ccc(CCCC=O)cc2)cccc1-c1cccnc1C(=O)OC(C)(C)C. The van der Waals surface area contributed by atoms with Crippen LogP contribution in [0.5, 0.6) is 11.5 Å². The Balaban J connectivity index is 1.85. The molecule has 0 spiro atoms. The highest BCUT2D eigenvalue weighted by Crippen LogP contribution is 2.34. The number of aldehydes is 1. The first-order valence-electron chi connectivity index (χ1n) is 10.8. The molecule has 0 saturated heterocycles. The summed E-state index contributed by atoms with van der Waals surface area (Å²) in [7, 11) is 0. The van der Waals surface area contributed by atoms with Crippen LogP contribution in [0.4, 0.5) is 0 Å². The molecule has 0 bridgehead atoms. The molecular formula is C27H29NO4. The second kappa shape index (κ2) is 10.2. The van der Waals surface area contributed by atoms with Gasteiger partial charge in [-0.15, -0.1) is 0 Å². The van der Waals surface area contributed by atoms with Crippen molar-refractivity contribution >= 4 is 12.3 Å². The number of aryl methyl sites for hydroxylation is 1. The van der Waals surface area contributed by atoms with Crippen LogP contribution < -0.4 is 4.74 Å². The van der Waals surface area contributed by atoms with Gasteiger partial charge in [-0.05, 0) is 81.5 Å². The van der Waals surface area contributed by atoms with Crippen LogP contribution in [0, 0.1) is 6.92 Å². The van der Waals surface area contributed by atoms with Crippen molar-refractivity contribution in [2.24, 2.45) is 0 Å². The molecule has 0 unspecified atom stereocenters. The number of nitrogens with zero attached hydrogens (tertiary/aromatic N) is 1. The van der Waals surface area contributed by atoms with Gasteiger partial charge in [-0.25, -0.2) is 9.78 Å². The van der Waals surface area contributed by atoms with Crippen molar-refractivity contribution in [3.05, 3.63) is 77.6 Å². The van der Waals surface area contributed by atoms with E-state index in [1.165, 1.54) is 5.56 Å². The summed E-state index contributed by atoms with van der Waals surface area (Å²) in [6.07, 6.45) is 4.82. The molecule has 0 aliphatic rings. The Morgan fingerprint density at radius 3 is 2.41 bits per heavy atom. The van der Waals surface area contributed by atoms with Crippen molar-refractivity contribution in [2.45, 2.75) is 52.6 Å². The first kappa shape index (κ1) is 23.2. The molecule has 0 amide bonds. The third-order valence-electron chi connectivity index (χ3n) is 4.91. The monoisotopic (exact) mass is 431 g/mol. The smallest absolute Gasteiger partial charge is 0.358 e. The molecule has 32 heavy (non-hydrogen) atoms. The largest absolute Gasteiger partial charge is 0.457 e. The van der Waals surface area contributed by atoms with Gasteiger partial charge in [-0.2, -0.15) is 0 Å². The lowest BCUT2D eigenvalue weighted by Crippen LogP contribution is -2.24. The van der Waals surface area contributed by atoms with Gasteiger partial charge in [0.25, 0.3) is 0 Å². The Morgan fingerprint density at radius 1 is 1.00 bits per heavy atom. The summed E-state index contributed by atoms with van der Waals surface area (Å²) < 4.78 is 11.7. The Labute approximate surface area is 189 Å². The van der Waals surface area contributed by atoms with Crippen LogP contribution in [0.3, 0.4) is 0 Å². The topological polar surface area (TPSA) is 65.5 Å². The zero-order valence-corrected chi connectivity index (χ0v) is 19.1. The quantitative estimate of drug-likeness (QED) is 0.237. The zero-order valence-electron chi connectivity index (χ0n) is 19.1. The predicted octanol–water partition coefficient (Wildman–Crippen LogP) is 6.33. The maximum Gasteiger partial charge on any atom is 0.358 e. The second-order valence-corrected chi connectivity index (χ2v) is 8.64. The van der Waals surface area contributed by atoms with Crippen LogP contribution in [-0.2, 0) is 16.0 Å². The Bertz CT molecular complexity index is 1080. The lowest BCUT2D eigenvalue weighted by atomic mass is 9.98. The van der Waals surface area contributed by atoms with Crippen LogP contribution in [-0.4, -0.2) is 22.8 Å². The van der Waals surface area contributed by atoms with Crippen molar-refractivity contribution in [3.8, 4) is 22.6 Å². The Kier molecular flexibility index (Phi) is 7.41. The van der Waals surface area contributed by atoms with E-state index in [0.717, 1.165) is 36.0 Å². The normalized spacial score (nSPS) is 11.1. The highest BCUT2D eigenvalue weighted by Gasteiger charge is 2.23. The molecule has 0 atom stereocenters. The van der Waals surface area contributed by atoms with Crippen LogP contribution in [0.2, 0.25) is 0 Å². The third-order valence-corrected chi connectivity index (χ3v) is 4.91. The minimum atomic E-state index is -0.606. The van der Waals surface area contributed by atoms with Crippen molar-refractivity contribution in [2.75, 3.05) is 0 Å². The molecule has 3 rings (SSSR count). The van der Waals surface area contributed by atoms with Gasteiger partial charge < -0.3 is 14.3 Å². The summed E-state index contributed by atoms with van der Waals surface area (Å²) in [4.78, 5) is 27.5. The van der Waals surface area contributed by atoms with E-state index in [-0.39, 0.29) is 5.69 Å². The highest BCUT2D eigenvalue weighted by molar-refractivity contribution is 5.96. The van der Waals surface area contributed by atoms with E-state index in [0.29, 0.717) is 17.7 Å². The number of pyridine rings is 1. The minimum absolute atomic E-state index is 0.280. The van der Waals surface area contributed by atoms with Crippen molar-refractivity contribution < 1.29 is 19.1 Å². The van der Waals surface area contributed by atoms with E-state index in [1.54, 1.807) is 12.3 Å². The zero-order chi connectivity index (χ0) is 23.1. The van der Waals surface area contributed by atoms with Crippen LogP contribution in [0.1, 0.15) is 55.2 Å². The standard InChI is InChI=1S/C27H29NO4/c1-19-22(23-11-8-17-28-25(23)26(30)32-27(2,3)4)10-7-12-24(19)31-21-15-13-20(14-16-21)9-5-6-18-29/h7-8,10-18H,5-6,9H2,1-4H3. The van der Waals surface area contributed by atoms with Crippen molar-refractivity contribution in [1.82, 2.24) is 4.98 Å². The van der Waals surface area contributed by atoms with E-state index in [1.807, 2.05) is 76.2 Å². The van der Waals surface area contributed by atoms with E-state index < -0.39 is 11.6 Å². The number of carbonyl (C=O) groups excluding carboxylic acids is 2. The van der Waals surface area contributed by atoms with Crippen LogP contribution in [0.25, 0.3) is 11.1 Å². The van der Waals surface area contributed by atoms with Crippen molar-refractivity contribution in [1.29, 1.82) is 0 Å². The maximum atomic E-state index is 12.7. The van der Waals surface area contributed by atoms with Gasteiger partial charge in [0.15, 0.2) is 5.69 Å². The predicted molar refractivity (Wildman–Crippen MR) is 125 cm³/mol. The molecular weight excluding hydrogens is 402 g/mol. The van der Waals surface area contributed by atoms with Crippen LogP contribution >= 0.6 is 0 Å². The molecule has 0 radical (unpaired) electrons. The molecule has 1 aromatic heterocycles. The van der Waals surface area contributed by atoms with E-state index in [9.17, 15) is 9.59 Å². The van der Waals surface area contributed by atoms with Crippen LogP contribution in [0.15, 0.2) is 60.8 Å². The van der Waals surface area contributed by atoms with E-state index in [4.69, 9.17) is 9.47 Å². The summed E-state index contributed by atoms with van der Waals surface area (Å²) in [6, 6.07) is 17.3. The first-order chi connectivity index (χ1) is 15.3. The third kappa shape index (κ3) is 6.03. The fourth-order valence-corrected chi connectivity index (χ4v) is 3.37.